The van der Waals surface area contributed by atoms with E-state index in [1.54, 1.807) is 0 Å². The van der Waals surface area contributed by atoms with Crippen molar-refractivity contribution in [1.82, 2.24) is 0 Å². The summed E-state index contributed by atoms with van der Waals surface area (Å²) in [4.78, 5) is 0. The second-order valence-electron chi connectivity index (χ2n) is 1.50. The van der Waals surface area contributed by atoms with E-state index in [9.17, 15) is 0 Å². The van der Waals surface area contributed by atoms with Crippen molar-refractivity contribution >= 4 is 0 Å². The van der Waals surface area contributed by atoms with E-state index in [0.717, 1.165) is 0 Å². The molecule has 1 unspecified atom stereocenters. The van der Waals surface area contributed by atoms with E-state index in [-0.39, 0.29) is 6.61 Å². The van der Waals surface area contributed by atoms with Crippen LogP contribution in [0.5, 0.6) is 0 Å². The lowest BCUT2D eigenvalue weighted by molar-refractivity contribution is 0.228. The summed E-state index contributed by atoms with van der Waals surface area (Å²) in [5.41, 5.74) is 0.375. The standard InChI is InChI=1S/C6H10O2/c1-3-6(8)5(2)4-7/h3,6-8H,1-2,4H2. The molecule has 0 spiro atoms. The van der Waals surface area contributed by atoms with Gasteiger partial charge in [0.25, 0.3) is 0 Å². The Labute approximate surface area is 48.8 Å². The molecule has 0 amide bonds. The van der Waals surface area contributed by atoms with Crippen LogP contribution in [0.1, 0.15) is 0 Å². The van der Waals surface area contributed by atoms with E-state index in [4.69, 9.17) is 10.2 Å². The summed E-state index contributed by atoms with van der Waals surface area (Å²) >= 11 is 0. The molecule has 2 nitrogen and oxygen atoms in total. The summed E-state index contributed by atoms with van der Waals surface area (Å²) in [6, 6.07) is 0. The predicted octanol–water partition coefficient (Wildman–Crippen LogP) is 0.0818. The molecule has 0 aromatic carbocycles. The highest BCUT2D eigenvalue weighted by Crippen LogP contribution is 1.96. The molecule has 46 valence electrons. The van der Waals surface area contributed by atoms with Crippen molar-refractivity contribution in [2.24, 2.45) is 0 Å². The van der Waals surface area contributed by atoms with Gasteiger partial charge in [-0.2, -0.15) is 0 Å². The summed E-state index contributed by atoms with van der Waals surface area (Å²) in [5.74, 6) is 0. The Morgan fingerprint density at radius 3 is 2.38 bits per heavy atom. The molecule has 8 heavy (non-hydrogen) atoms. The lowest BCUT2D eigenvalue weighted by atomic mass is 10.2. The Hall–Kier alpha value is -0.600. The molecule has 2 N–H and O–H groups in total. The van der Waals surface area contributed by atoms with E-state index in [1.165, 1.54) is 6.08 Å². The van der Waals surface area contributed by atoms with Crippen LogP contribution in [-0.4, -0.2) is 22.9 Å². The fourth-order valence-electron chi connectivity index (χ4n) is 0.260. The van der Waals surface area contributed by atoms with Gasteiger partial charge in [0.2, 0.25) is 0 Å². The molecule has 0 aromatic rings. The van der Waals surface area contributed by atoms with Gasteiger partial charge in [0.05, 0.1) is 12.7 Å². The fraction of sp³-hybridized carbons (Fsp3) is 0.333. The topological polar surface area (TPSA) is 40.5 Å². The monoisotopic (exact) mass is 114 g/mol. The minimum absolute atomic E-state index is 0.187. The quantitative estimate of drug-likeness (QED) is 0.510. The smallest absolute Gasteiger partial charge is 0.0948 e. The van der Waals surface area contributed by atoms with Crippen LogP contribution in [-0.2, 0) is 0 Å². The average molecular weight is 114 g/mol. The van der Waals surface area contributed by atoms with E-state index in [2.05, 4.69) is 13.2 Å². The van der Waals surface area contributed by atoms with Crippen molar-refractivity contribution in [1.29, 1.82) is 0 Å². The van der Waals surface area contributed by atoms with Crippen molar-refractivity contribution in [3.8, 4) is 0 Å². The van der Waals surface area contributed by atoms with Crippen LogP contribution >= 0.6 is 0 Å². The van der Waals surface area contributed by atoms with Gasteiger partial charge in [-0.05, 0) is 5.57 Å². The third-order valence-electron chi connectivity index (χ3n) is 0.845. The molecule has 0 aromatic heterocycles. The van der Waals surface area contributed by atoms with Gasteiger partial charge in [-0.25, -0.2) is 0 Å². The van der Waals surface area contributed by atoms with Gasteiger partial charge in [0.1, 0.15) is 0 Å². The van der Waals surface area contributed by atoms with Crippen LogP contribution in [0.15, 0.2) is 24.8 Å². The van der Waals surface area contributed by atoms with E-state index >= 15 is 0 Å². The van der Waals surface area contributed by atoms with Gasteiger partial charge in [-0.1, -0.05) is 12.7 Å². The Balaban J connectivity index is 3.62. The zero-order chi connectivity index (χ0) is 6.57. The third kappa shape index (κ3) is 1.91. The minimum Gasteiger partial charge on any atom is -0.392 e. The third-order valence-corrected chi connectivity index (χ3v) is 0.845. The molecule has 0 aliphatic heterocycles. The van der Waals surface area contributed by atoms with Gasteiger partial charge < -0.3 is 10.2 Å². The molecule has 0 aliphatic rings. The van der Waals surface area contributed by atoms with Crippen molar-refractivity contribution in [2.45, 2.75) is 6.10 Å². The normalized spacial score (nSPS) is 12.8. The average Bonchev–Trinajstić information content (AvgIpc) is 1.84. The number of hydrogen-bond acceptors (Lipinski definition) is 2. The molecular weight excluding hydrogens is 104 g/mol. The van der Waals surface area contributed by atoms with Crippen LogP contribution in [0, 0.1) is 0 Å². The first-order chi connectivity index (χ1) is 3.72. The van der Waals surface area contributed by atoms with E-state index < -0.39 is 6.10 Å². The van der Waals surface area contributed by atoms with Gasteiger partial charge in [-0.3, -0.25) is 0 Å². The molecule has 0 saturated heterocycles. The van der Waals surface area contributed by atoms with Crippen molar-refractivity contribution in [3.63, 3.8) is 0 Å². The first kappa shape index (κ1) is 7.40. The van der Waals surface area contributed by atoms with Crippen LogP contribution in [0.25, 0.3) is 0 Å². The first-order valence-corrected chi connectivity index (χ1v) is 2.31. The summed E-state index contributed by atoms with van der Waals surface area (Å²) in [6.07, 6.45) is 0.554. The molecule has 0 saturated carbocycles. The lowest BCUT2D eigenvalue weighted by Crippen LogP contribution is -2.07. The highest BCUT2D eigenvalue weighted by atomic mass is 16.3. The maximum Gasteiger partial charge on any atom is 0.0948 e. The summed E-state index contributed by atoms with van der Waals surface area (Å²) in [5, 5.41) is 17.1. The van der Waals surface area contributed by atoms with Gasteiger partial charge in [0.15, 0.2) is 0 Å². The predicted molar refractivity (Wildman–Crippen MR) is 32.4 cm³/mol. The second-order valence-corrected chi connectivity index (χ2v) is 1.50. The van der Waals surface area contributed by atoms with Crippen LogP contribution < -0.4 is 0 Å². The summed E-state index contributed by atoms with van der Waals surface area (Å²) in [7, 11) is 0. The van der Waals surface area contributed by atoms with Crippen LogP contribution in [0.2, 0.25) is 0 Å². The van der Waals surface area contributed by atoms with E-state index in [0.29, 0.717) is 5.57 Å². The molecule has 2 heteroatoms. The highest BCUT2D eigenvalue weighted by Gasteiger charge is 1.99. The molecule has 0 aliphatic carbocycles. The molecule has 1 atom stereocenters. The van der Waals surface area contributed by atoms with E-state index in [1.807, 2.05) is 0 Å². The number of rotatable bonds is 3. The van der Waals surface area contributed by atoms with Crippen LogP contribution in [0.3, 0.4) is 0 Å². The molecule has 0 heterocycles. The Kier molecular flexibility index (Phi) is 3.15. The maximum absolute atomic E-state index is 8.75. The van der Waals surface area contributed by atoms with Gasteiger partial charge in [0, 0.05) is 0 Å². The largest absolute Gasteiger partial charge is 0.392 e. The number of hydrogen-bond donors (Lipinski definition) is 2. The first-order valence-electron chi connectivity index (χ1n) is 2.31. The van der Waals surface area contributed by atoms with Crippen molar-refractivity contribution in [2.75, 3.05) is 6.61 Å². The fourth-order valence-corrected chi connectivity index (χ4v) is 0.260. The zero-order valence-electron chi connectivity index (χ0n) is 4.67. The van der Waals surface area contributed by atoms with Gasteiger partial charge >= 0.3 is 0 Å². The second kappa shape index (κ2) is 3.41. The Morgan fingerprint density at radius 2 is 2.25 bits per heavy atom. The Morgan fingerprint density at radius 1 is 1.75 bits per heavy atom. The molecular formula is C6H10O2. The Bertz CT molecular complexity index is 96.7. The lowest BCUT2D eigenvalue weighted by Gasteiger charge is -2.03. The zero-order valence-corrected chi connectivity index (χ0v) is 4.67. The van der Waals surface area contributed by atoms with Crippen LogP contribution in [0.4, 0.5) is 0 Å². The highest BCUT2D eigenvalue weighted by molar-refractivity contribution is 5.08. The maximum atomic E-state index is 8.75. The molecule has 0 radical (unpaired) electrons. The number of aliphatic hydroxyl groups excluding tert-OH is 2. The molecule has 0 rings (SSSR count). The number of aliphatic hydroxyl groups is 2. The van der Waals surface area contributed by atoms with Crippen molar-refractivity contribution < 1.29 is 10.2 Å². The minimum atomic E-state index is -0.764. The SMILES string of the molecule is C=CC(O)C(=C)CO. The summed E-state index contributed by atoms with van der Waals surface area (Å²) < 4.78 is 0. The van der Waals surface area contributed by atoms with Gasteiger partial charge in [-0.15, -0.1) is 6.58 Å². The molecule has 0 bridgehead atoms. The summed E-state index contributed by atoms with van der Waals surface area (Å²) in [6.45, 7) is 6.49. The molecule has 0 fully saturated rings. The van der Waals surface area contributed by atoms with Crippen molar-refractivity contribution in [3.05, 3.63) is 24.8 Å².